The van der Waals surface area contributed by atoms with Gasteiger partial charge in [0.2, 0.25) is 0 Å². The second kappa shape index (κ2) is 25.9. The van der Waals surface area contributed by atoms with Crippen LogP contribution < -0.4 is 0 Å². The number of benzene rings is 20. The van der Waals surface area contributed by atoms with Crippen LogP contribution in [0.2, 0.25) is 0 Å². The number of hydrogen-bond acceptors (Lipinski definition) is 0. The first kappa shape index (κ1) is 65.8. The maximum atomic E-state index is 2.47. The lowest BCUT2D eigenvalue weighted by Crippen LogP contribution is -1.96. The number of fused-ring (bicyclic) bond motifs is 22. The van der Waals surface area contributed by atoms with Gasteiger partial charge in [-0.25, -0.2) is 0 Å². The SMILES string of the molecule is c1ccc(-n2c3ccccc3c3cc4c(cc32)c2cc(-c3ccc5c(c3)c3ccccc3n5-c3cccc5ccccc35)ccc2n4-c2ccc3ccccc3c2)cc1.c1ccc(-n2c3ccccc3c3cc4c5cc(-c6ccc7c(c6)c6ccccc6n7-c6cccc7ccccc67)ccc5n(-c5ccc6ccccc6c5)c4cc32)cc1. The van der Waals surface area contributed by atoms with Gasteiger partial charge in [0.05, 0.1) is 77.6 Å². The van der Waals surface area contributed by atoms with Gasteiger partial charge in [0.25, 0.3) is 0 Å². The van der Waals surface area contributed by atoms with Gasteiger partial charge in [-0.3, -0.25) is 0 Å². The molecule has 6 heterocycles. The molecule has 0 aliphatic carbocycles. The Kier molecular flexibility index (Phi) is 14.4. The number of hydrogen-bond donors (Lipinski definition) is 0. The molecule has 6 aromatic heterocycles. The molecule has 26 aromatic rings. The van der Waals surface area contributed by atoms with E-state index in [2.05, 4.69) is 452 Å². The van der Waals surface area contributed by atoms with Crippen molar-refractivity contribution in [3.8, 4) is 56.4 Å². The summed E-state index contributed by atoms with van der Waals surface area (Å²) >= 11 is 0. The zero-order valence-electron chi connectivity index (χ0n) is 64.1. The molecule has 26 rings (SSSR count). The van der Waals surface area contributed by atoms with Gasteiger partial charge in [0.1, 0.15) is 0 Å². The smallest absolute Gasteiger partial charge is 0.0562 e. The molecule has 20 aromatic carbocycles. The fraction of sp³-hybridized carbons (Fsp3) is 0. The van der Waals surface area contributed by atoms with E-state index in [4.69, 9.17) is 0 Å². The molecule has 0 atom stereocenters. The third-order valence-electron chi connectivity index (χ3n) is 25.2. The molecule has 0 aliphatic heterocycles. The maximum Gasteiger partial charge on any atom is 0.0562 e. The van der Waals surface area contributed by atoms with Crippen LogP contribution >= 0.6 is 0 Å². The predicted octanol–water partition coefficient (Wildman–Crippen LogP) is 29.9. The largest absolute Gasteiger partial charge is 0.309 e. The molecular weight excluding hydrogens is 1430 g/mol. The topological polar surface area (TPSA) is 29.6 Å². The molecule has 0 N–H and O–H groups in total. The lowest BCUT2D eigenvalue weighted by Gasteiger charge is -2.12. The van der Waals surface area contributed by atoms with Crippen LogP contribution in [0, 0.1) is 0 Å². The van der Waals surface area contributed by atoms with Crippen molar-refractivity contribution >= 4 is 174 Å². The molecule has 0 fully saturated rings. The normalized spacial score (nSPS) is 12.1. The Labute approximate surface area is 677 Å². The van der Waals surface area contributed by atoms with Gasteiger partial charge in [-0.15, -0.1) is 0 Å². The van der Waals surface area contributed by atoms with Gasteiger partial charge in [-0.05, 0) is 212 Å². The van der Waals surface area contributed by atoms with Crippen LogP contribution in [0.25, 0.3) is 230 Å². The predicted molar refractivity (Wildman–Crippen MR) is 500 cm³/mol. The van der Waals surface area contributed by atoms with Crippen LogP contribution in [-0.4, -0.2) is 27.4 Å². The van der Waals surface area contributed by atoms with Gasteiger partial charge in [0.15, 0.2) is 0 Å². The number of para-hydroxylation sites is 6. The highest BCUT2D eigenvalue weighted by molar-refractivity contribution is 6.23. The number of nitrogens with zero attached hydrogens (tertiary/aromatic N) is 6. The van der Waals surface area contributed by atoms with E-state index in [0.717, 1.165) is 22.7 Å². The standard InChI is InChI=1S/2C56H35N3/c1-2-17-41(18-3-1)57-51-22-10-8-21-45(51)48-34-56-49(35-55(48)57)47-33-40(26-29-53(47)58(56)42-28-25-36-13-4-5-15-38(36)31-42)39-27-30-54-46(32-39)44-20-9-11-23-52(44)59(54)50-24-12-16-37-14-6-7-19-43(37)50;1-2-17-41(18-3-1)57-51-22-10-8-21-45(51)48-34-49-47-33-40(26-29-53(47)58(56(49)35-55(48)57)42-28-25-36-13-4-5-15-38(36)31-42)39-27-30-54-46(32-39)44-20-9-11-23-52(44)59(54)50-24-12-16-37-14-6-7-19-43(37)50/h2*1-35H. The van der Waals surface area contributed by atoms with Crippen molar-refractivity contribution in [2.75, 3.05) is 0 Å². The van der Waals surface area contributed by atoms with Crippen molar-refractivity contribution in [3.63, 3.8) is 0 Å². The molecule has 0 saturated heterocycles. The third-order valence-corrected chi connectivity index (χ3v) is 25.2. The Morgan fingerprint density at radius 2 is 0.373 bits per heavy atom. The van der Waals surface area contributed by atoms with E-state index in [1.165, 1.54) is 208 Å². The second-order valence-electron chi connectivity index (χ2n) is 31.5. The first-order valence-electron chi connectivity index (χ1n) is 40.7. The molecule has 0 amide bonds. The molecule has 0 spiro atoms. The van der Waals surface area contributed by atoms with Crippen LogP contribution in [0.1, 0.15) is 0 Å². The minimum atomic E-state index is 1.15. The highest BCUT2D eigenvalue weighted by Crippen LogP contribution is 2.47. The quantitative estimate of drug-likeness (QED) is 0.145. The van der Waals surface area contributed by atoms with Gasteiger partial charge < -0.3 is 27.4 Å². The van der Waals surface area contributed by atoms with Crippen LogP contribution in [0.4, 0.5) is 0 Å². The van der Waals surface area contributed by atoms with Crippen molar-refractivity contribution < 1.29 is 0 Å². The Morgan fingerprint density at radius 3 is 0.780 bits per heavy atom. The summed E-state index contributed by atoms with van der Waals surface area (Å²) in [6, 6.07) is 156. The van der Waals surface area contributed by atoms with E-state index >= 15 is 0 Å². The third kappa shape index (κ3) is 10.00. The molecule has 0 radical (unpaired) electrons. The van der Waals surface area contributed by atoms with Crippen molar-refractivity contribution in [3.05, 3.63) is 425 Å². The molecule has 0 aliphatic rings. The van der Waals surface area contributed by atoms with Crippen molar-refractivity contribution in [2.45, 2.75) is 0 Å². The summed E-state index contributed by atoms with van der Waals surface area (Å²) in [6.45, 7) is 0. The average Bonchev–Trinajstić information content (AvgIpc) is 1.56. The van der Waals surface area contributed by atoms with E-state index < -0.39 is 0 Å². The molecule has 548 valence electrons. The summed E-state index contributed by atoms with van der Waals surface area (Å²) in [5, 5.41) is 24.9. The molecule has 0 bridgehead atoms. The zero-order chi connectivity index (χ0) is 77.2. The monoisotopic (exact) mass is 1500 g/mol. The molecule has 6 nitrogen and oxygen atoms in total. The van der Waals surface area contributed by atoms with Gasteiger partial charge in [-0.1, -0.05) is 267 Å². The lowest BCUT2D eigenvalue weighted by molar-refractivity contribution is 1.17. The van der Waals surface area contributed by atoms with Crippen LogP contribution in [-0.2, 0) is 0 Å². The fourth-order valence-corrected chi connectivity index (χ4v) is 19.9. The van der Waals surface area contributed by atoms with Gasteiger partial charge >= 0.3 is 0 Å². The average molecular weight is 1500 g/mol. The maximum absolute atomic E-state index is 2.47. The Bertz CT molecular complexity index is 8670. The van der Waals surface area contributed by atoms with Crippen molar-refractivity contribution in [1.29, 1.82) is 0 Å². The summed E-state index contributed by atoms with van der Waals surface area (Å²) in [5.74, 6) is 0. The molecular formula is C112H70N6. The Morgan fingerprint density at radius 1 is 0.110 bits per heavy atom. The first-order valence-corrected chi connectivity index (χ1v) is 40.7. The lowest BCUT2D eigenvalue weighted by atomic mass is 10.00. The molecule has 118 heavy (non-hydrogen) atoms. The Hall–Kier alpha value is -15.8. The highest BCUT2D eigenvalue weighted by atomic mass is 15.0. The van der Waals surface area contributed by atoms with Crippen LogP contribution in [0.15, 0.2) is 425 Å². The summed E-state index contributed by atoms with van der Waals surface area (Å²) < 4.78 is 14.7. The number of aromatic nitrogens is 6. The fourth-order valence-electron chi connectivity index (χ4n) is 19.9. The van der Waals surface area contributed by atoms with E-state index in [-0.39, 0.29) is 0 Å². The Balaban J connectivity index is 0.000000131. The number of rotatable bonds is 8. The van der Waals surface area contributed by atoms with Crippen molar-refractivity contribution in [2.24, 2.45) is 0 Å². The second-order valence-corrected chi connectivity index (χ2v) is 31.5. The molecule has 6 heteroatoms. The van der Waals surface area contributed by atoms with Crippen molar-refractivity contribution in [1.82, 2.24) is 27.4 Å². The molecule has 0 saturated carbocycles. The van der Waals surface area contributed by atoms with E-state index in [1.807, 2.05) is 0 Å². The zero-order valence-corrected chi connectivity index (χ0v) is 64.1. The summed E-state index contributed by atoms with van der Waals surface area (Å²) in [6.07, 6.45) is 0. The van der Waals surface area contributed by atoms with E-state index in [9.17, 15) is 0 Å². The first-order chi connectivity index (χ1) is 58.5. The van der Waals surface area contributed by atoms with Gasteiger partial charge in [-0.2, -0.15) is 0 Å². The highest BCUT2D eigenvalue weighted by Gasteiger charge is 2.25. The van der Waals surface area contributed by atoms with Crippen LogP contribution in [0.3, 0.4) is 0 Å². The van der Waals surface area contributed by atoms with Crippen LogP contribution in [0.5, 0.6) is 0 Å². The summed E-state index contributed by atoms with van der Waals surface area (Å²) in [7, 11) is 0. The van der Waals surface area contributed by atoms with Gasteiger partial charge in [0, 0.05) is 98.2 Å². The van der Waals surface area contributed by atoms with E-state index in [1.54, 1.807) is 0 Å². The van der Waals surface area contributed by atoms with E-state index in [0.29, 0.717) is 0 Å². The summed E-state index contributed by atoms with van der Waals surface area (Å²) in [4.78, 5) is 0. The minimum absolute atomic E-state index is 1.15. The minimum Gasteiger partial charge on any atom is -0.309 e. The molecule has 0 unspecified atom stereocenters. The summed E-state index contributed by atoms with van der Waals surface area (Å²) in [5.41, 5.74) is 26.2.